The summed E-state index contributed by atoms with van der Waals surface area (Å²) in [6.45, 7) is 4.33. The third-order valence-electron chi connectivity index (χ3n) is 12.9. The van der Waals surface area contributed by atoms with Gasteiger partial charge in [-0.2, -0.15) is 11.3 Å². The molecule has 0 saturated carbocycles. The summed E-state index contributed by atoms with van der Waals surface area (Å²) in [4.78, 5) is 15.1. The number of fused-ring (bicyclic) bond motifs is 12. The molecule has 13 rings (SSSR count). The average molecular weight is 1030 g/mol. The fourth-order valence-electron chi connectivity index (χ4n) is 10.1. The zero-order valence-corrected chi connectivity index (χ0v) is 38.8. The van der Waals surface area contributed by atoms with E-state index in [9.17, 15) is 0 Å². The normalized spacial score (nSPS) is 12.5. The molecule has 0 saturated heterocycles. The van der Waals surface area contributed by atoms with Crippen molar-refractivity contribution in [2.45, 2.75) is 19.3 Å². The molecule has 0 atom stereocenters. The molecule has 0 amide bonds. The number of thiazole rings is 1. The van der Waals surface area contributed by atoms with E-state index in [1.54, 1.807) is 11.3 Å². The Morgan fingerprint density at radius 3 is 1.75 bits per heavy atom. The van der Waals surface area contributed by atoms with E-state index in [1.165, 1.54) is 77.0 Å². The van der Waals surface area contributed by atoms with E-state index < -0.39 is 5.41 Å². The SMILES string of the molecule is Cc1cccc(C)c1-c1nc(-c2[c-]cc3c(c2)C2(c4ccccc4-c4ccccc42)c2ccccc2-3)nc2ccccc12.[Ir].[c-]1ccc(-c2ccccc2)cc1-c1nc2ccccc2s1. The van der Waals surface area contributed by atoms with Crippen LogP contribution in [0.4, 0.5) is 0 Å². The largest absolute Gasteiger partial charge is 0.285 e. The number of hydrogen-bond donors (Lipinski definition) is 0. The molecule has 1 spiro atoms. The number of nitrogens with zero attached hydrogens (tertiary/aromatic N) is 3. The van der Waals surface area contributed by atoms with Gasteiger partial charge in [-0.05, 0) is 76.6 Å². The summed E-state index contributed by atoms with van der Waals surface area (Å²) in [6, 6.07) is 77.7. The van der Waals surface area contributed by atoms with Crippen LogP contribution in [0.2, 0.25) is 0 Å². The first kappa shape index (κ1) is 40.6. The standard InChI is InChI=1S/C41H27N2.C19H12NS.Ir/c1-25-12-11-13-26(2)38(25)39-32-17-6-10-21-37(32)42-40(43-39)27-22-23-31-30-16-5-9-20-35(30)41(36(31)24-27)33-18-7-3-14-28(33)29-15-4-8-19-34(29)41;1-2-7-14(8-3-1)15-9-6-10-16(13-15)19-20-17-11-4-5-12-18(17)21-19;/h3-21,23-24H,1-2H3;1-9,11-13H;/q2*-1;. The molecular formula is C60H39IrN3S-2. The summed E-state index contributed by atoms with van der Waals surface area (Å²) in [5.41, 5.74) is 20.9. The predicted molar refractivity (Wildman–Crippen MR) is 264 cm³/mol. The van der Waals surface area contributed by atoms with Crippen molar-refractivity contribution < 1.29 is 20.1 Å². The minimum atomic E-state index is -0.407. The monoisotopic (exact) mass is 1030 g/mol. The van der Waals surface area contributed by atoms with E-state index in [0.29, 0.717) is 5.82 Å². The number of benzene rings is 9. The Balaban J connectivity index is 0.000000179. The first-order valence-electron chi connectivity index (χ1n) is 21.7. The van der Waals surface area contributed by atoms with E-state index in [2.05, 4.69) is 202 Å². The van der Waals surface area contributed by atoms with Gasteiger partial charge < -0.3 is 0 Å². The van der Waals surface area contributed by atoms with Gasteiger partial charge in [0.1, 0.15) is 0 Å². The van der Waals surface area contributed by atoms with Crippen LogP contribution in [0.5, 0.6) is 0 Å². The van der Waals surface area contributed by atoms with Crippen molar-refractivity contribution in [1.82, 2.24) is 15.0 Å². The van der Waals surface area contributed by atoms with Crippen molar-refractivity contribution in [2.24, 2.45) is 0 Å². The van der Waals surface area contributed by atoms with Gasteiger partial charge in [0.25, 0.3) is 0 Å². The predicted octanol–water partition coefficient (Wildman–Crippen LogP) is 15.2. The number of aromatic nitrogens is 3. The molecule has 311 valence electrons. The molecule has 65 heavy (non-hydrogen) atoms. The van der Waals surface area contributed by atoms with Crippen LogP contribution in [-0.4, -0.2) is 15.0 Å². The smallest absolute Gasteiger partial charge is 0.0763 e. The maximum Gasteiger partial charge on any atom is 0.0763 e. The molecule has 1 radical (unpaired) electrons. The van der Waals surface area contributed by atoms with Gasteiger partial charge in [-0.3, -0.25) is 15.0 Å². The van der Waals surface area contributed by atoms with E-state index in [-0.39, 0.29) is 20.1 Å². The molecule has 2 aliphatic rings. The summed E-state index contributed by atoms with van der Waals surface area (Å²) >= 11 is 1.71. The molecule has 2 aromatic heterocycles. The van der Waals surface area contributed by atoms with Gasteiger partial charge >= 0.3 is 0 Å². The summed E-state index contributed by atoms with van der Waals surface area (Å²) in [6.07, 6.45) is 0. The molecule has 0 fully saturated rings. The molecule has 0 unspecified atom stereocenters. The van der Waals surface area contributed by atoms with Gasteiger partial charge in [0.05, 0.1) is 28.0 Å². The fraction of sp³-hybridized carbons (Fsp3) is 0.0500. The zero-order valence-electron chi connectivity index (χ0n) is 35.6. The van der Waals surface area contributed by atoms with Crippen LogP contribution in [0.15, 0.2) is 200 Å². The fourth-order valence-corrected chi connectivity index (χ4v) is 11.1. The van der Waals surface area contributed by atoms with Crippen LogP contribution >= 0.6 is 11.3 Å². The number of aryl methyl sites for hydroxylation is 2. The van der Waals surface area contributed by atoms with E-state index in [1.807, 2.05) is 24.3 Å². The average Bonchev–Trinajstić information content (AvgIpc) is 4.02. The molecule has 0 bridgehead atoms. The second kappa shape index (κ2) is 16.4. The minimum Gasteiger partial charge on any atom is -0.285 e. The molecule has 0 aliphatic heterocycles. The van der Waals surface area contributed by atoms with Crippen LogP contribution in [0.25, 0.3) is 87.7 Å². The summed E-state index contributed by atoms with van der Waals surface area (Å²) in [5, 5.41) is 2.08. The van der Waals surface area contributed by atoms with Gasteiger partial charge in [-0.25, -0.2) is 0 Å². The molecule has 5 heteroatoms. The molecule has 0 N–H and O–H groups in total. The van der Waals surface area contributed by atoms with Gasteiger partial charge in [-0.1, -0.05) is 163 Å². The molecule has 2 aliphatic carbocycles. The third kappa shape index (κ3) is 6.61. The van der Waals surface area contributed by atoms with Crippen molar-refractivity contribution in [3.63, 3.8) is 0 Å². The summed E-state index contributed by atoms with van der Waals surface area (Å²) < 4.78 is 1.21. The van der Waals surface area contributed by atoms with E-state index in [0.717, 1.165) is 38.2 Å². The number of hydrogen-bond acceptors (Lipinski definition) is 4. The summed E-state index contributed by atoms with van der Waals surface area (Å²) in [7, 11) is 0. The Bertz CT molecular complexity index is 3490. The Kier molecular flexibility index (Phi) is 10.3. The maximum atomic E-state index is 5.30. The molecular weight excluding hydrogens is 987 g/mol. The first-order valence-corrected chi connectivity index (χ1v) is 22.5. The zero-order chi connectivity index (χ0) is 42.8. The Hall–Kier alpha value is -7.14. The van der Waals surface area contributed by atoms with Crippen molar-refractivity contribution >= 4 is 32.5 Å². The molecule has 11 aromatic rings. The first-order chi connectivity index (χ1) is 31.6. The van der Waals surface area contributed by atoms with Gasteiger partial charge in [0.2, 0.25) is 0 Å². The van der Waals surface area contributed by atoms with Crippen molar-refractivity contribution in [2.75, 3.05) is 0 Å². The number of para-hydroxylation sites is 2. The van der Waals surface area contributed by atoms with Gasteiger partial charge in [0, 0.05) is 40.8 Å². The Morgan fingerprint density at radius 2 is 1.06 bits per heavy atom. The van der Waals surface area contributed by atoms with Crippen molar-refractivity contribution in [1.29, 1.82) is 0 Å². The van der Waals surface area contributed by atoms with E-state index in [4.69, 9.17) is 15.0 Å². The number of rotatable bonds is 4. The van der Waals surface area contributed by atoms with Crippen LogP contribution in [-0.2, 0) is 25.5 Å². The quantitative estimate of drug-likeness (QED) is 0.165. The van der Waals surface area contributed by atoms with Gasteiger partial charge in [-0.15, -0.1) is 64.7 Å². The second-order valence-electron chi connectivity index (χ2n) is 16.6. The molecule has 2 heterocycles. The minimum absolute atomic E-state index is 0. The van der Waals surface area contributed by atoms with E-state index >= 15 is 0 Å². The Morgan fingerprint density at radius 1 is 0.462 bits per heavy atom. The van der Waals surface area contributed by atoms with Gasteiger partial charge in [0.15, 0.2) is 0 Å². The van der Waals surface area contributed by atoms with Crippen LogP contribution in [0.1, 0.15) is 33.4 Å². The van der Waals surface area contributed by atoms with Crippen molar-refractivity contribution in [3.05, 3.63) is 246 Å². The topological polar surface area (TPSA) is 38.7 Å². The molecule has 9 aromatic carbocycles. The van der Waals surface area contributed by atoms with Crippen LogP contribution < -0.4 is 0 Å². The van der Waals surface area contributed by atoms with Crippen LogP contribution in [0.3, 0.4) is 0 Å². The molecule has 3 nitrogen and oxygen atoms in total. The maximum absolute atomic E-state index is 5.30. The van der Waals surface area contributed by atoms with Crippen molar-refractivity contribution in [3.8, 4) is 66.6 Å². The summed E-state index contributed by atoms with van der Waals surface area (Å²) in [5.74, 6) is 0.699. The third-order valence-corrected chi connectivity index (χ3v) is 14.0. The Labute approximate surface area is 396 Å². The second-order valence-corrected chi connectivity index (χ2v) is 17.6. The van der Waals surface area contributed by atoms with Crippen LogP contribution in [0, 0.1) is 26.0 Å².